The van der Waals surface area contributed by atoms with Crippen molar-refractivity contribution in [1.29, 1.82) is 0 Å². The molecule has 11 nitrogen and oxygen atoms in total. The van der Waals surface area contributed by atoms with Crippen molar-refractivity contribution in [3.8, 4) is 16.9 Å². The molecule has 3 aromatic heterocycles. The zero-order valence-electron chi connectivity index (χ0n) is 26.6. The largest absolute Gasteiger partial charge is 0.482 e. The Kier molecular flexibility index (Phi) is 8.35. The van der Waals surface area contributed by atoms with Crippen LogP contribution >= 0.6 is 11.6 Å². The average molecular weight is 662 g/mol. The minimum atomic E-state index is -0.605. The first kappa shape index (κ1) is 31.5. The van der Waals surface area contributed by atoms with E-state index >= 15 is 0 Å². The van der Waals surface area contributed by atoms with Gasteiger partial charge in [0.05, 0.1) is 65.7 Å². The van der Waals surface area contributed by atoms with Crippen LogP contribution in [0.25, 0.3) is 22.2 Å². The van der Waals surface area contributed by atoms with Gasteiger partial charge in [0.2, 0.25) is 0 Å². The number of benzene rings is 1. The van der Waals surface area contributed by atoms with E-state index in [1.807, 2.05) is 10.7 Å². The summed E-state index contributed by atoms with van der Waals surface area (Å²) in [5.74, 6) is -0.578. The Hall–Kier alpha value is -4.13. The number of ether oxygens (including phenoxy) is 2. The number of piperidine rings is 1. The van der Waals surface area contributed by atoms with Crippen LogP contribution in [0.2, 0.25) is 5.02 Å². The van der Waals surface area contributed by atoms with Crippen molar-refractivity contribution >= 4 is 40.1 Å². The minimum absolute atomic E-state index is 0.0818. The highest BCUT2D eigenvalue weighted by atomic mass is 35.5. The second kappa shape index (κ2) is 12.5. The molecule has 0 bridgehead atoms. The third-order valence-electron chi connectivity index (χ3n) is 9.39. The van der Waals surface area contributed by atoms with Crippen LogP contribution in [0.15, 0.2) is 36.7 Å². The molecule has 6 heterocycles. The summed E-state index contributed by atoms with van der Waals surface area (Å²) in [6, 6.07) is 7.12. The van der Waals surface area contributed by atoms with Gasteiger partial charge in [-0.15, -0.1) is 0 Å². The molecule has 47 heavy (non-hydrogen) atoms. The normalized spacial score (nSPS) is 20.4. The van der Waals surface area contributed by atoms with Gasteiger partial charge >= 0.3 is 0 Å². The van der Waals surface area contributed by atoms with Crippen molar-refractivity contribution < 1.29 is 23.5 Å². The van der Waals surface area contributed by atoms with Crippen LogP contribution in [-0.4, -0.2) is 75.4 Å². The fourth-order valence-electron chi connectivity index (χ4n) is 6.99. The summed E-state index contributed by atoms with van der Waals surface area (Å²) in [5.41, 5.74) is 9.59. The van der Waals surface area contributed by atoms with Gasteiger partial charge in [-0.1, -0.05) is 38.4 Å². The first-order valence-corrected chi connectivity index (χ1v) is 16.4. The maximum Gasteiger partial charge on any atom is 0.265 e. The summed E-state index contributed by atoms with van der Waals surface area (Å²) >= 11 is 5.89. The summed E-state index contributed by atoms with van der Waals surface area (Å²) in [6.07, 6.45) is 4.58. The maximum atomic E-state index is 14.6. The lowest BCUT2D eigenvalue weighted by Gasteiger charge is -2.44. The van der Waals surface area contributed by atoms with Crippen LogP contribution in [0, 0.1) is 17.7 Å². The molecule has 0 aliphatic carbocycles. The minimum Gasteiger partial charge on any atom is -0.482 e. The number of rotatable bonds is 8. The van der Waals surface area contributed by atoms with Crippen molar-refractivity contribution in [2.75, 3.05) is 37.8 Å². The second-order valence-electron chi connectivity index (χ2n) is 13.1. The zero-order valence-corrected chi connectivity index (χ0v) is 27.3. The molecule has 0 unspecified atom stereocenters. The van der Waals surface area contributed by atoms with Crippen LogP contribution in [0.3, 0.4) is 0 Å². The van der Waals surface area contributed by atoms with Gasteiger partial charge in [0, 0.05) is 30.2 Å². The Bertz CT molecular complexity index is 1880. The number of likely N-dealkylation sites (tertiary alicyclic amines) is 1. The maximum absolute atomic E-state index is 14.6. The van der Waals surface area contributed by atoms with E-state index in [1.165, 1.54) is 17.2 Å². The summed E-state index contributed by atoms with van der Waals surface area (Å²) in [7, 11) is 0. The van der Waals surface area contributed by atoms with E-state index in [0.29, 0.717) is 63.2 Å². The number of anilines is 1. The number of nitrogens with two attached hydrogens (primary N) is 1. The summed E-state index contributed by atoms with van der Waals surface area (Å²) < 4.78 is 28.0. The number of aromatic nitrogens is 4. The molecule has 1 aromatic carbocycles. The predicted octanol–water partition coefficient (Wildman–Crippen LogP) is 4.79. The molecule has 2 saturated heterocycles. The standard InChI is InChI=1S/C34H37ClFN7O4/c1-18(2)8-25-32(33(37)45)31(23-12-39-43(34(23)40-25)27-6-7-41(13-19(27)3)22-15-46-16-22)20-4-5-28-29(9-20)47-17-30(44)42(28)14-26-24(36)10-21(35)11-38-26/h4-5,9-12,18-19,22,27H,6-8,13-17H2,1-3H3,(H2,37,45)/t19-,27-/m1/s1. The number of fused-ring (bicyclic) bond motifs is 2. The van der Waals surface area contributed by atoms with E-state index in [2.05, 4.69) is 30.7 Å². The number of carbonyl (C=O) groups is 2. The Morgan fingerprint density at radius 1 is 1.19 bits per heavy atom. The number of nitrogens with zero attached hydrogens (tertiary/aromatic N) is 6. The fraction of sp³-hybridized carbons (Fsp3) is 0.441. The number of hydrogen-bond acceptors (Lipinski definition) is 8. The summed E-state index contributed by atoms with van der Waals surface area (Å²) in [6.45, 7) is 9.52. The molecule has 2 amide bonds. The van der Waals surface area contributed by atoms with E-state index in [9.17, 15) is 14.0 Å². The molecule has 246 valence electrons. The van der Waals surface area contributed by atoms with Crippen LogP contribution < -0.4 is 15.4 Å². The number of pyridine rings is 2. The van der Waals surface area contributed by atoms with Gasteiger partial charge in [0.15, 0.2) is 12.3 Å². The molecular formula is C34H37ClFN7O4. The number of halogens is 2. The molecule has 13 heteroatoms. The Labute approximate surface area is 276 Å². The van der Waals surface area contributed by atoms with Crippen LogP contribution in [0.5, 0.6) is 5.75 Å². The highest BCUT2D eigenvalue weighted by Crippen LogP contribution is 2.42. The third kappa shape index (κ3) is 5.83. The van der Waals surface area contributed by atoms with Gasteiger partial charge in [-0.05, 0) is 48.4 Å². The number of amides is 2. The van der Waals surface area contributed by atoms with E-state index in [1.54, 1.807) is 18.3 Å². The van der Waals surface area contributed by atoms with Crippen LogP contribution in [0.4, 0.5) is 10.1 Å². The van der Waals surface area contributed by atoms with Crippen molar-refractivity contribution in [3.05, 3.63) is 64.5 Å². The number of primary amides is 1. The van der Waals surface area contributed by atoms with Gasteiger partial charge in [0.1, 0.15) is 11.6 Å². The molecule has 3 aliphatic rings. The van der Waals surface area contributed by atoms with E-state index in [4.69, 9.17) is 36.9 Å². The Morgan fingerprint density at radius 3 is 2.68 bits per heavy atom. The SMILES string of the molecule is CC(C)Cc1nc2c(cnn2[C@@H]2CCN(C3COC3)C[C@H]2C)c(-c2ccc3c(c2)OCC(=O)N3Cc2ncc(Cl)cc2F)c1C(N)=O. The second-order valence-corrected chi connectivity index (χ2v) is 13.6. The Morgan fingerprint density at radius 2 is 2.00 bits per heavy atom. The zero-order chi connectivity index (χ0) is 33.0. The van der Waals surface area contributed by atoms with Crippen molar-refractivity contribution in [2.24, 2.45) is 17.6 Å². The lowest BCUT2D eigenvalue weighted by atomic mass is 9.91. The van der Waals surface area contributed by atoms with E-state index in [-0.39, 0.29) is 41.7 Å². The monoisotopic (exact) mass is 661 g/mol. The topological polar surface area (TPSA) is 129 Å². The van der Waals surface area contributed by atoms with Gasteiger partial charge in [-0.2, -0.15) is 5.10 Å². The molecule has 2 fully saturated rings. The van der Waals surface area contributed by atoms with Crippen LogP contribution in [0.1, 0.15) is 55.0 Å². The molecular weight excluding hydrogens is 625 g/mol. The molecule has 0 radical (unpaired) electrons. The van der Waals surface area contributed by atoms with E-state index in [0.717, 1.165) is 32.7 Å². The highest BCUT2D eigenvalue weighted by Gasteiger charge is 2.36. The summed E-state index contributed by atoms with van der Waals surface area (Å²) in [4.78, 5) is 39.2. The Balaban J connectivity index is 1.31. The lowest BCUT2D eigenvalue weighted by Crippen LogP contribution is -2.54. The quantitative estimate of drug-likeness (QED) is 0.286. The van der Waals surface area contributed by atoms with E-state index < -0.39 is 11.7 Å². The van der Waals surface area contributed by atoms with Gasteiger partial charge in [-0.25, -0.2) is 14.1 Å². The smallest absolute Gasteiger partial charge is 0.265 e. The molecule has 0 spiro atoms. The molecule has 4 aromatic rings. The number of carbonyl (C=O) groups excluding carboxylic acids is 2. The summed E-state index contributed by atoms with van der Waals surface area (Å²) in [5, 5.41) is 5.76. The molecule has 2 N–H and O–H groups in total. The third-order valence-corrected chi connectivity index (χ3v) is 9.60. The number of hydrogen-bond donors (Lipinski definition) is 1. The highest BCUT2D eigenvalue weighted by molar-refractivity contribution is 6.30. The molecule has 0 saturated carbocycles. The van der Waals surface area contributed by atoms with Gasteiger partial charge in [0.25, 0.3) is 11.8 Å². The molecule has 3 aliphatic heterocycles. The molecule has 2 atom stereocenters. The van der Waals surface area contributed by atoms with Crippen molar-refractivity contribution in [2.45, 2.75) is 52.2 Å². The average Bonchev–Trinajstić information content (AvgIpc) is 3.40. The fourth-order valence-corrected chi connectivity index (χ4v) is 7.13. The van der Waals surface area contributed by atoms with Gasteiger partial charge < -0.3 is 15.2 Å². The first-order chi connectivity index (χ1) is 22.6. The molecule has 7 rings (SSSR count). The van der Waals surface area contributed by atoms with Crippen molar-refractivity contribution in [1.82, 2.24) is 24.6 Å². The lowest BCUT2D eigenvalue weighted by molar-refractivity contribution is -0.121. The van der Waals surface area contributed by atoms with Crippen molar-refractivity contribution in [3.63, 3.8) is 0 Å². The van der Waals surface area contributed by atoms with Gasteiger partial charge in [-0.3, -0.25) is 24.4 Å². The predicted molar refractivity (Wildman–Crippen MR) is 175 cm³/mol. The first-order valence-electron chi connectivity index (χ1n) is 16.0. The van der Waals surface area contributed by atoms with Crippen LogP contribution in [-0.2, 0) is 22.5 Å².